The van der Waals surface area contributed by atoms with Crippen molar-refractivity contribution < 1.29 is 9.59 Å². The molecule has 5 rings (SSSR count). The molecule has 1 aromatic carbocycles. The fourth-order valence-corrected chi connectivity index (χ4v) is 5.09. The zero-order valence-electron chi connectivity index (χ0n) is 21.7. The fraction of sp³-hybridized carbons (Fsp3) is 0.333. The van der Waals surface area contributed by atoms with E-state index in [0.717, 1.165) is 29.8 Å². The summed E-state index contributed by atoms with van der Waals surface area (Å²) in [6.07, 6.45) is 4.69. The second kappa shape index (κ2) is 10.1. The second-order valence-corrected chi connectivity index (χ2v) is 9.72. The monoisotopic (exact) mass is 513 g/mol. The van der Waals surface area contributed by atoms with Crippen molar-refractivity contribution in [3.8, 4) is 17.1 Å². The van der Waals surface area contributed by atoms with Gasteiger partial charge in [0.15, 0.2) is 0 Å². The van der Waals surface area contributed by atoms with E-state index in [2.05, 4.69) is 31.0 Å². The van der Waals surface area contributed by atoms with Crippen LogP contribution in [0.25, 0.3) is 17.1 Å². The molecule has 0 aliphatic heterocycles. The molecule has 4 N–H and O–H groups in total. The second-order valence-electron chi connectivity index (χ2n) is 9.72. The van der Waals surface area contributed by atoms with Gasteiger partial charge in [0.2, 0.25) is 5.91 Å². The van der Waals surface area contributed by atoms with Crippen LogP contribution in [0.1, 0.15) is 53.0 Å². The number of carbonyl (C=O) groups excluding carboxylic acids is 2. The third-order valence-corrected chi connectivity index (χ3v) is 7.18. The predicted molar refractivity (Wildman–Crippen MR) is 142 cm³/mol. The van der Waals surface area contributed by atoms with E-state index in [-0.39, 0.29) is 18.4 Å². The van der Waals surface area contributed by atoms with Gasteiger partial charge in [0.05, 0.1) is 28.8 Å². The first-order chi connectivity index (χ1) is 18.3. The smallest absolute Gasteiger partial charge is 0.255 e. The minimum absolute atomic E-state index is 0.194. The number of benzene rings is 1. The lowest BCUT2D eigenvalue weighted by Gasteiger charge is -2.29. The van der Waals surface area contributed by atoms with Crippen molar-refractivity contribution in [1.29, 1.82) is 0 Å². The van der Waals surface area contributed by atoms with Crippen LogP contribution in [0.2, 0.25) is 0 Å². The summed E-state index contributed by atoms with van der Waals surface area (Å²) in [6.45, 7) is 3.92. The summed E-state index contributed by atoms with van der Waals surface area (Å²) in [5.41, 5.74) is 9.63. The van der Waals surface area contributed by atoms with E-state index in [1.54, 1.807) is 35.6 Å². The molecule has 1 fully saturated rings. The number of hydrogen-bond acceptors (Lipinski definition) is 7. The molecule has 0 saturated heterocycles. The Kier molecular flexibility index (Phi) is 6.66. The number of nitrogens with one attached hydrogen (secondary N) is 2. The maximum Gasteiger partial charge on any atom is 0.255 e. The van der Waals surface area contributed by atoms with E-state index in [4.69, 9.17) is 5.73 Å². The van der Waals surface area contributed by atoms with Crippen LogP contribution in [0.15, 0.2) is 48.7 Å². The quantitative estimate of drug-likeness (QED) is 0.344. The van der Waals surface area contributed by atoms with Gasteiger partial charge in [-0.15, -0.1) is 5.10 Å². The molecule has 38 heavy (non-hydrogen) atoms. The van der Waals surface area contributed by atoms with Crippen molar-refractivity contribution in [2.75, 3.05) is 5.73 Å². The Morgan fingerprint density at radius 3 is 2.53 bits per heavy atom. The number of nitrogens with two attached hydrogens (primary N) is 1. The Labute approximate surface area is 220 Å². The molecule has 1 aliphatic carbocycles. The summed E-state index contributed by atoms with van der Waals surface area (Å²) in [7, 11) is 1.80. The number of hydrogen-bond donors (Lipinski definition) is 3. The van der Waals surface area contributed by atoms with Gasteiger partial charge in [-0.2, -0.15) is 5.10 Å². The maximum absolute atomic E-state index is 13.5. The minimum atomic E-state index is -0.958. The Bertz CT molecular complexity index is 1500. The Morgan fingerprint density at radius 2 is 1.82 bits per heavy atom. The van der Waals surface area contributed by atoms with Gasteiger partial charge < -0.3 is 16.4 Å². The van der Waals surface area contributed by atoms with Crippen molar-refractivity contribution in [2.24, 2.45) is 7.05 Å². The van der Waals surface area contributed by atoms with Gasteiger partial charge in [0, 0.05) is 19.3 Å². The number of rotatable bonds is 7. The van der Waals surface area contributed by atoms with Gasteiger partial charge in [0.1, 0.15) is 17.1 Å². The molecule has 3 aromatic heterocycles. The molecule has 0 atom stereocenters. The summed E-state index contributed by atoms with van der Waals surface area (Å²) in [6, 6.07) is 13.0. The Balaban J connectivity index is 1.33. The van der Waals surface area contributed by atoms with Crippen molar-refractivity contribution in [3.05, 3.63) is 71.2 Å². The lowest BCUT2D eigenvalue weighted by Crippen LogP contribution is -2.57. The van der Waals surface area contributed by atoms with E-state index in [1.165, 1.54) is 0 Å². The lowest BCUT2D eigenvalue weighted by atomic mass is 9.95. The first-order valence-corrected chi connectivity index (χ1v) is 12.6. The molecule has 4 aromatic rings. The highest BCUT2D eigenvalue weighted by molar-refractivity contribution is 6.00. The highest BCUT2D eigenvalue weighted by atomic mass is 16.2. The average Bonchev–Trinajstić information content (AvgIpc) is 3.63. The number of carbonyl (C=O) groups is 2. The van der Waals surface area contributed by atoms with Gasteiger partial charge in [-0.3, -0.25) is 14.3 Å². The molecule has 1 saturated carbocycles. The van der Waals surface area contributed by atoms with E-state index < -0.39 is 5.54 Å². The number of amides is 2. The molecule has 0 radical (unpaired) electrons. The zero-order chi connectivity index (χ0) is 26.9. The van der Waals surface area contributed by atoms with Crippen molar-refractivity contribution >= 4 is 17.6 Å². The van der Waals surface area contributed by atoms with Crippen LogP contribution in [0.4, 0.5) is 5.82 Å². The molecular weight excluding hydrogens is 482 g/mol. The third kappa shape index (κ3) is 4.74. The number of pyridine rings is 1. The largest absolute Gasteiger partial charge is 0.384 e. The first-order valence-electron chi connectivity index (χ1n) is 12.6. The normalized spacial score (nSPS) is 14.4. The van der Waals surface area contributed by atoms with Crippen molar-refractivity contribution in [2.45, 2.75) is 51.6 Å². The van der Waals surface area contributed by atoms with E-state index >= 15 is 0 Å². The van der Waals surface area contributed by atoms with Crippen LogP contribution < -0.4 is 16.4 Å². The molecule has 11 nitrogen and oxygen atoms in total. The summed E-state index contributed by atoms with van der Waals surface area (Å²) in [5.74, 6) is -0.0570. The molecule has 0 spiro atoms. The summed E-state index contributed by atoms with van der Waals surface area (Å²) in [4.78, 5) is 31.1. The van der Waals surface area contributed by atoms with Crippen LogP contribution in [0, 0.1) is 13.8 Å². The first kappa shape index (κ1) is 25.1. The fourth-order valence-electron chi connectivity index (χ4n) is 5.09. The molecule has 3 heterocycles. The number of nitrogen functional groups attached to an aromatic ring is 1. The van der Waals surface area contributed by atoms with Gasteiger partial charge in [0.25, 0.3) is 5.91 Å². The molecule has 0 unspecified atom stereocenters. The lowest BCUT2D eigenvalue weighted by molar-refractivity contribution is -0.127. The van der Waals surface area contributed by atoms with Crippen molar-refractivity contribution in [3.63, 3.8) is 0 Å². The van der Waals surface area contributed by atoms with E-state index in [9.17, 15) is 9.59 Å². The SMILES string of the molecule is Cc1nn(C)c(C)c1C(=O)NC1(C(=O)NCc2ccccc2-n2cc(-c3cccc(N)n3)nn2)CCCC1. The topological polar surface area (TPSA) is 146 Å². The number of aryl methyl sites for hydroxylation is 2. The van der Waals surface area contributed by atoms with Crippen molar-refractivity contribution in [1.82, 2.24) is 40.4 Å². The standard InChI is InChI=1S/C27H31N9O2/c1-17-24(18(2)35(3)33-17)25(37)31-27(13-6-7-14-27)26(38)29-15-19-9-4-5-11-22(19)36-16-21(32-34-36)20-10-8-12-23(28)30-20/h4-5,8-12,16H,6-7,13-15H2,1-3H3,(H2,28,30)(H,29,38)(H,31,37). The predicted octanol–water partition coefficient (Wildman–Crippen LogP) is 2.62. The van der Waals surface area contributed by atoms with E-state index in [0.29, 0.717) is 41.3 Å². The highest BCUT2D eigenvalue weighted by Gasteiger charge is 2.43. The van der Waals surface area contributed by atoms with Gasteiger partial charge >= 0.3 is 0 Å². The molecule has 2 amide bonds. The van der Waals surface area contributed by atoms with Crippen LogP contribution >= 0.6 is 0 Å². The Hall–Kier alpha value is -4.54. The number of aromatic nitrogens is 6. The van der Waals surface area contributed by atoms with Gasteiger partial charge in [-0.1, -0.05) is 42.3 Å². The molecule has 0 bridgehead atoms. The highest BCUT2D eigenvalue weighted by Crippen LogP contribution is 2.31. The summed E-state index contributed by atoms with van der Waals surface area (Å²) in [5, 5.41) is 19.0. The van der Waals surface area contributed by atoms with Gasteiger partial charge in [-0.05, 0) is 50.5 Å². The summed E-state index contributed by atoms with van der Waals surface area (Å²) < 4.78 is 3.34. The summed E-state index contributed by atoms with van der Waals surface area (Å²) >= 11 is 0. The number of anilines is 1. The Morgan fingerprint density at radius 1 is 1.05 bits per heavy atom. The zero-order valence-corrected chi connectivity index (χ0v) is 21.7. The van der Waals surface area contributed by atoms with E-state index in [1.807, 2.05) is 43.3 Å². The minimum Gasteiger partial charge on any atom is -0.384 e. The number of para-hydroxylation sites is 1. The average molecular weight is 514 g/mol. The van der Waals surface area contributed by atoms with Crippen LogP contribution in [-0.2, 0) is 18.4 Å². The number of nitrogens with zero attached hydrogens (tertiary/aromatic N) is 6. The molecule has 11 heteroatoms. The maximum atomic E-state index is 13.5. The molecule has 196 valence electrons. The molecular formula is C27H31N9O2. The van der Waals surface area contributed by atoms with Gasteiger partial charge in [-0.25, -0.2) is 9.67 Å². The van der Waals surface area contributed by atoms with Crippen LogP contribution in [0.3, 0.4) is 0 Å². The third-order valence-electron chi connectivity index (χ3n) is 7.18. The van der Waals surface area contributed by atoms with Crippen LogP contribution in [0.5, 0.6) is 0 Å². The molecule has 1 aliphatic rings. The van der Waals surface area contributed by atoms with Crippen LogP contribution in [-0.4, -0.2) is 47.1 Å².